The zero-order valence-electron chi connectivity index (χ0n) is 8.76. The van der Waals surface area contributed by atoms with Crippen LogP contribution in [0.15, 0.2) is 21.8 Å². The smallest absolute Gasteiger partial charge is 0.267 e. The van der Waals surface area contributed by atoms with Crippen LogP contribution < -0.4 is 5.56 Å². The lowest BCUT2D eigenvalue weighted by molar-refractivity contribution is -0.182. The second-order valence-electron chi connectivity index (χ2n) is 3.55. The van der Waals surface area contributed by atoms with E-state index in [1.807, 2.05) is 0 Å². The molecule has 1 aromatic heterocycles. The highest BCUT2D eigenvalue weighted by atomic mass is 79.9. The lowest BCUT2D eigenvalue weighted by atomic mass is 10.3. The summed E-state index contributed by atoms with van der Waals surface area (Å²) < 4.78 is 12.8. The molecule has 0 aliphatic carbocycles. The molecule has 0 spiro atoms. The van der Waals surface area contributed by atoms with Crippen molar-refractivity contribution in [3.05, 3.63) is 27.4 Å². The topological polar surface area (TPSA) is 53.4 Å². The minimum atomic E-state index is -0.195. The number of ether oxygens (including phenoxy) is 2. The van der Waals surface area contributed by atoms with E-state index in [0.29, 0.717) is 17.4 Å². The molecule has 0 N–H and O–H groups in total. The summed E-state index contributed by atoms with van der Waals surface area (Å²) >= 11 is 3.15. The molecule has 0 unspecified atom stereocenters. The average Bonchev–Trinajstić information content (AvgIpc) is 2.32. The third-order valence-corrected chi connectivity index (χ3v) is 2.90. The Bertz CT molecular complexity index is 401. The molecule has 16 heavy (non-hydrogen) atoms. The lowest BCUT2D eigenvalue weighted by Gasteiger charge is -2.23. The van der Waals surface area contributed by atoms with E-state index >= 15 is 0 Å². The zero-order valence-corrected chi connectivity index (χ0v) is 10.4. The Balaban J connectivity index is 1.94. The molecule has 2 heterocycles. The van der Waals surface area contributed by atoms with Crippen molar-refractivity contribution in [3.8, 4) is 0 Å². The van der Waals surface area contributed by atoms with E-state index in [4.69, 9.17) is 9.47 Å². The van der Waals surface area contributed by atoms with Gasteiger partial charge in [0, 0.05) is 19.2 Å². The molecule has 6 heteroatoms. The fourth-order valence-corrected chi connectivity index (χ4v) is 1.88. The van der Waals surface area contributed by atoms with Crippen LogP contribution >= 0.6 is 15.9 Å². The molecule has 1 fully saturated rings. The SMILES string of the molecule is O=c1c(Br)cncn1CCC1OCCCO1. The quantitative estimate of drug-likeness (QED) is 0.838. The Morgan fingerprint density at radius 1 is 1.50 bits per heavy atom. The van der Waals surface area contributed by atoms with Crippen molar-refractivity contribution in [3.63, 3.8) is 0 Å². The first kappa shape index (κ1) is 11.8. The molecule has 1 aliphatic heterocycles. The van der Waals surface area contributed by atoms with Crippen molar-refractivity contribution in [1.82, 2.24) is 9.55 Å². The van der Waals surface area contributed by atoms with Crippen molar-refractivity contribution in [1.29, 1.82) is 0 Å². The van der Waals surface area contributed by atoms with Crippen LogP contribution in [0.25, 0.3) is 0 Å². The summed E-state index contributed by atoms with van der Waals surface area (Å²) in [4.78, 5) is 15.6. The molecule has 5 nitrogen and oxygen atoms in total. The Morgan fingerprint density at radius 2 is 2.25 bits per heavy atom. The predicted molar refractivity (Wildman–Crippen MR) is 61.1 cm³/mol. The van der Waals surface area contributed by atoms with Gasteiger partial charge in [0.15, 0.2) is 6.29 Å². The molecule has 2 rings (SSSR count). The van der Waals surface area contributed by atoms with Crippen molar-refractivity contribution in [2.24, 2.45) is 0 Å². The summed E-state index contributed by atoms with van der Waals surface area (Å²) in [6.07, 6.45) is 4.43. The maximum atomic E-state index is 11.6. The zero-order chi connectivity index (χ0) is 11.4. The summed E-state index contributed by atoms with van der Waals surface area (Å²) in [5, 5.41) is 0. The summed E-state index contributed by atoms with van der Waals surface area (Å²) in [7, 11) is 0. The van der Waals surface area contributed by atoms with E-state index in [1.54, 1.807) is 4.57 Å². The second-order valence-corrected chi connectivity index (χ2v) is 4.41. The first-order valence-corrected chi connectivity index (χ1v) is 6.00. The fourth-order valence-electron chi connectivity index (χ4n) is 1.53. The van der Waals surface area contributed by atoms with Gasteiger partial charge >= 0.3 is 0 Å². The Labute approximate surface area is 102 Å². The molecule has 0 aromatic carbocycles. The molecule has 0 saturated carbocycles. The van der Waals surface area contributed by atoms with Crippen LogP contribution in [0.3, 0.4) is 0 Å². The van der Waals surface area contributed by atoms with Crippen molar-refractivity contribution in [2.75, 3.05) is 13.2 Å². The number of aromatic nitrogens is 2. The molecule has 1 saturated heterocycles. The van der Waals surface area contributed by atoms with Crippen molar-refractivity contribution < 1.29 is 9.47 Å². The summed E-state index contributed by atoms with van der Waals surface area (Å²) in [6.45, 7) is 2.02. The maximum Gasteiger partial charge on any atom is 0.267 e. The number of hydrogen-bond donors (Lipinski definition) is 0. The monoisotopic (exact) mass is 288 g/mol. The van der Waals surface area contributed by atoms with Gasteiger partial charge in [-0.3, -0.25) is 9.36 Å². The van der Waals surface area contributed by atoms with Gasteiger partial charge in [-0.2, -0.15) is 0 Å². The maximum absolute atomic E-state index is 11.6. The number of aryl methyl sites for hydroxylation is 1. The van der Waals surface area contributed by atoms with E-state index in [0.717, 1.165) is 19.6 Å². The molecular formula is C10H13BrN2O3. The molecule has 0 radical (unpaired) electrons. The van der Waals surface area contributed by atoms with Gasteiger partial charge < -0.3 is 9.47 Å². The molecule has 0 amide bonds. The first-order chi connectivity index (χ1) is 7.77. The molecule has 88 valence electrons. The highest BCUT2D eigenvalue weighted by Gasteiger charge is 2.14. The highest BCUT2D eigenvalue weighted by Crippen LogP contribution is 2.09. The number of hydrogen-bond acceptors (Lipinski definition) is 4. The minimum Gasteiger partial charge on any atom is -0.353 e. The number of nitrogens with zero attached hydrogens (tertiary/aromatic N) is 2. The van der Waals surface area contributed by atoms with Crippen LogP contribution in [-0.4, -0.2) is 29.1 Å². The van der Waals surface area contributed by atoms with Gasteiger partial charge in [-0.25, -0.2) is 4.98 Å². The Morgan fingerprint density at radius 3 is 3.00 bits per heavy atom. The van der Waals surface area contributed by atoms with E-state index in [9.17, 15) is 4.79 Å². The molecule has 0 atom stereocenters. The van der Waals surface area contributed by atoms with Gasteiger partial charge in [-0.05, 0) is 22.4 Å². The molecule has 0 bridgehead atoms. The van der Waals surface area contributed by atoms with Crippen LogP contribution in [-0.2, 0) is 16.0 Å². The lowest BCUT2D eigenvalue weighted by Crippen LogP contribution is -2.28. The van der Waals surface area contributed by atoms with Gasteiger partial charge in [0.25, 0.3) is 5.56 Å². The normalized spacial score (nSPS) is 17.6. The van der Waals surface area contributed by atoms with Gasteiger partial charge in [-0.15, -0.1) is 0 Å². The van der Waals surface area contributed by atoms with Crippen LogP contribution in [0, 0.1) is 0 Å². The van der Waals surface area contributed by atoms with E-state index in [2.05, 4.69) is 20.9 Å². The van der Waals surface area contributed by atoms with Crippen molar-refractivity contribution >= 4 is 15.9 Å². The largest absolute Gasteiger partial charge is 0.353 e. The van der Waals surface area contributed by atoms with E-state index < -0.39 is 0 Å². The van der Waals surface area contributed by atoms with Crippen LogP contribution in [0.2, 0.25) is 0 Å². The third kappa shape index (κ3) is 2.90. The average molecular weight is 289 g/mol. The van der Waals surface area contributed by atoms with Gasteiger partial charge in [-0.1, -0.05) is 0 Å². The van der Waals surface area contributed by atoms with Gasteiger partial charge in [0.05, 0.1) is 19.5 Å². The molecular weight excluding hydrogens is 276 g/mol. The first-order valence-electron chi connectivity index (χ1n) is 5.20. The third-order valence-electron chi connectivity index (χ3n) is 2.36. The highest BCUT2D eigenvalue weighted by molar-refractivity contribution is 9.10. The van der Waals surface area contributed by atoms with Crippen molar-refractivity contribution in [2.45, 2.75) is 25.7 Å². The fraction of sp³-hybridized carbons (Fsp3) is 0.600. The summed E-state index contributed by atoms with van der Waals surface area (Å²) in [5.41, 5.74) is -0.0780. The van der Waals surface area contributed by atoms with Crippen LogP contribution in [0.5, 0.6) is 0 Å². The summed E-state index contributed by atoms with van der Waals surface area (Å²) in [6, 6.07) is 0. The van der Waals surface area contributed by atoms with E-state index in [1.165, 1.54) is 12.5 Å². The minimum absolute atomic E-state index is 0.0780. The molecule has 1 aliphatic rings. The summed E-state index contributed by atoms with van der Waals surface area (Å²) in [5.74, 6) is 0. The second kappa shape index (κ2) is 5.56. The Kier molecular flexibility index (Phi) is 4.09. The molecule has 1 aromatic rings. The number of rotatable bonds is 3. The van der Waals surface area contributed by atoms with Gasteiger partial charge in [0.1, 0.15) is 4.47 Å². The standard InChI is InChI=1S/C10H13BrN2O3/c11-8-6-12-7-13(10(8)14)3-2-9-15-4-1-5-16-9/h6-7,9H,1-5H2. The Hall–Kier alpha value is -0.720. The van der Waals surface area contributed by atoms with Gasteiger partial charge in [0.2, 0.25) is 0 Å². The van der Waals surface area contributed by atoms with Crippen LogP contribution in [0.1, 0.15) is 12.8 Å². The van der Waals surface area contributed by atoms with Crippen LogP contribution in [0.4, 0.5) is 0 Å². The van der Waals surface area contributed by atoms with E-state index in [-0.39, 0.29) is 11.8 Å². The predicted octanol–water partition coefficient (Wildman–Crippen LogP) is 1.16. The number of halogens is 1.